The molecule has 1 N–H and O–H groups in total. The van der Waals surface area contributed by atoms with Crippen LogP contribution < -0.4 is 0 Å². The molecule has 2 aromatic rings. The average molecular weight is 258 g/mol. The first-order valence-electron chi connectivity index (χ1n) is 6.04. The van der Waals surface area contributed by atoms with Crippen molar-refractivity contribution >= 4 is 5.97 Å². The minimum Gasteiger partial charge on any atom is -0.476 e. The van der Waals surface area contributed by atoms with E-state index in [4.69, 9.17) is 4.74 Å². The van der Waals surface area contributed by atoms with Crippen LogP contribution in [0.3, 0.4) is 0 Å². The minimum absolute atomic E-state index is 0.0823. The minimum atomic E-state index is -1.02. The van der Waals surface area contributed by atoms with Crippen LogP contribution in [0.1, 0.15) is 27.7 Å². The van der Waals surface area contributed by atoms with Gasteiger partial charge in [0.25, 0.3) is 0 Å². The maximum atomic E-state index is 11.3. The predicted molar refractivity (Wildman–Crippen MR) is 69.1 cm³/mol. The zero-order valence-electron chi connectivity index (χ0n) is 10.8. The average Bonchev–Trinajstić information content (AvgIpc) is 2.76. The Kier molecular flexibility index (Phi) is 2.64. The summed E-state index contributed by atoms with van der Waals surface area (Å²) < 4.78 is 7.09. The zero-order chi connectivity index (χ0) is 13.6. The first-order chi connectivity index (χ1) is 9.13. The number of ether oxygens (including phenoxy) is 1. The molecule has 5 nitrogen and oxygen atoms in total. The number of fused-ring (bicyclic) bond motifs is 3. The zero-order valence-corrected chi connectivity index (χ0v) is 10.8. The van der Waals surface area contributed by atoms with Gasteiger partial charge in [-0.2, -0.15) is 5.10 Å². The number of aromatic nitrogens is 2. The molecule has 1 aliphatic carbocycles. The lowest BCUT2D eigenvalue weighted by Gasteiger charge is -2.24. The van der Waals surface area contributed by atoms with E-state index in [0.29, 0.717) is 12.0 Å². The van der Waals surface area contributed by atoms with Gasteiger partial charge in [0.1, 0.15) is 0 Å². The van der Waals surface area contributed by atoms with E-state index in [-0.39, 0.29) is 11.8 Å². The molecule has 3 rings (SSSR count). The van der Waals surface area contributed by atoms with E-state index >= 15 is 0 Å². The number of carbonyl (C=O) groups is 1. The van der Waals surface area contributed by atoms with Gasteiger partial charge in [0.2, 0.25) is 0 Å². The molecule has 5 heteroatoms. The molecule has 0 amide bonds. The van der Waals surface area contributed by atoms with Crippen LogP contribution in [0, 0.1) is 0 Å². The van der Waals surface area contributed by atoms with Crippen LogP contribution in [0.2, 0.25) is 0 Å². The summed E-state index contributed by atoms with van der Waals surface area (Å²) in [5.74, 6) is -1.02. The Morgan fingerprint density at radius 1 is 1.47 bits per heavy atom. The summed E-state index contributed by atoms with van der Waals surface area (Å²) in [6.45, 7) is 0. The molecule has 19 heavy (non-hydrogen) atoms. The van der Waals surface area contributed by atoms with E-state index < -0.39 is 5.97 Å². The van der Waals surface area contributed by atoms with Crippen molar-refractivity contribution in [1.29, 1.82) is 0 Å². The molecule has 0 saturated carbocycles. The van der Waals surface area contributed by atoms with Crippen LogP contribution in [0.4, 0.5) is 0 Å². The van der Waals surface area contributed by atoms with Crippen LogP contribution in [-0.2, 0) is 18.2 Å². The molecule has 0 bridgehead atoms. The highest BCUT2D eigenvalue weighted by molar-refractivity contribution is 5.91. The number of methoxy groups -OCH3 is 1. The molecule has 1 unspecified atom stereocenters. The molecule has 0 radical (unpaired) electrons. The van der Waals surface area contributed by atoms with Crippen LogP contribution in [0.25, 0.3) is 11.3 Å². The van der Waals surface area contributed by atoms with Crippen molar-refractivity contribution in [1.82, 2.24) is 9.78 Å². The third kappa shape index (κ3) is 1.66. The number of hydrogen-bond donors (Lipinski definition) is 1. The van der Waals surface area contributed by atoms with Gasteiger partial charge in [-0.15, -0.1) is 0 Å². The van der Waals surface area contributed by atoms with Crippen LogP contribution >= 0.6 is 0 Å². The Balaban J connectivity index is 2.32. The van der Waals surface area contributed by atoms with Gasteiger partial charge in [-0.1, -0.05) is 24.3 Å². The van der Waals surface area contributed by atoms with Gasteiger partial charge in [0.05, 0.1) is 11.8 Å². The van der Waals surface area contributed by atoms with Crippen molar-refractivity contribution in [3.8, 4) is 11.3 Å². The maximum absolute atomic E-state index is 11.3. The Morgan fingerprint density at radius 2 is 2.21 bits per heavy atom. The van der Waals surface area contributed by atoms with Crippen LogP contribution in [0.15, 0.2) is 24.3 Å². The Labute approximate surface area is 110 Å². The SMILES string of the molecule is COC1Cc2ccccc2-c2c1c(C(=O)O)nn2C. The number of aryl methyl sites for hydroxylation is 1. The van der Waals surface area contributed by atoms with Crippen molar-refractivity contribution in [2.45, 2.75) is 12.5 Å². The molecular formula is C14H14N2O3. The molecule has 0 saturated heterocycles. The van der Waals surface area contributed by atoms with Crippen LogP contribution in [0.5, 0.6) is 0 Å². The molecule has 1 aromatic carbocycles. The fraction of sp³-hybridized carbons (Fsp3) is 0.286. The lowest BCUT2D eigenvalue weighted by molar-refractivity contribution is 0.0670. The number of nitrogens with zero attached hydrogens (tertiary/aromatic N) is 2. The standard InChI is InChI=1S/C14H14N2O3/c1-16-13-9-6-4-3-5-8(9)7-10(19-2)11(13)12(15-16)14(17)18/h3-6,10H,7H2,1-2H3,(H,17,18). The molecule has 1 aromatic heterocycles. The van der Waals surface area contributed by atoms with E-state index in [1.807, 2.05) is 24.3 Å². The van der Waals surface area contributed by atoms with Crippen molar-refractivity contribution < 1.29 is 14.6 Å². The van der Waals surface area contributed by atoms with Crippen molar-refractivity contribution in [3.05, 3.63) is 41.1 Å². The highest BCUT2D eigenvalue weighted by Crippen LogP contribution is 2.41. The number of carboxylic acids is 1. The Bertz CT molecular complexity index is 661. The first kappa shape index (κ1) is 11.9. The highest BCUT2D eigenvalue weighted by Gasteiger charge is 2.33. The van der Waals surface area contributed by atoms with E-state index in [2.05, 4.69) is 5.10 Å². The second-order valence-corrected chi connectivity index (χ2v) is 4.63. The van der Waals surface area contributed by atoms with Crippen LogP contribution in [-0.4, -0.2) is 28.0 Å². The van der Waals surface area contributed by atoms with Gasteiger partial charge < -0.3 is 9.84 Å². The number of aromatic carboxylic acids is 1. The summed E-state index contributed by atoms with van der Waals surface area (Å²) in [6, 6.07) is 7.96. The van der Waals surface area contributed by atoms with E-state index in [0.717, 1.165) is 16.8 Å². The number of rotatable bonds is 2. The first-order valence-corrected chi connectivity index (χ1v) is 6.04. The number of hydrogen-bond acceptors (Lipinski definition) is 3. The van der Waals surface area contributed by atoms with Gasteiger partial charge >= 0.3 is 5.97 Å². The summed E-state index contributed by atoms with van der Waals surface area (Å²) in [4.78, 5) is 11.3. The summed E-state index contributed by atoms with van der Waals surface area (Å²) in [5, 5.41) is 13.4. The molecule has 98 valence electrons. The van der Waals surface area contributed by atoms with Gasteiger partial charge in [0, 0.05) is 31.7 Å². The molecule has 1 atom stereocenters. The summed E-state index contributed by atoms with van der Waals surface area (Å²) >= 11 is 0. The molecule has 0 fully saturated rings. The van der Waals surface area contributed by atoms with Crippen molar-refractivity contribution in [2.24, 2.45) is 7.05 Å². The second-order valence-electron chi connectivity index (χ2n) is 4.63. The lowest BCUT2D eigenvalue weighted by Crippen LogP contribution is -2.15. The quantitative estimate of drug-likeness (QED) is 0.895. The summed E-state index contributed by atoms with van der Waals surface area (Å²) in [5.41, 5.74) is 3.79. The number of benzene rings is 1. The topological polar surface area (TPSA) is 64.3 Å². The van der Waals surface area contributed by atoms with E-state index in [1.165, 1.54) is 0 Å². The molecule has 1 heterocycles. The third-order valence-electron chi connectivity index (χ3n) is 3.57. The molecule has 0 aliphatic heterocycles. The van der Waals surface area contributed by atoms with Gasteiger partial charge in [0.15, 0.2) is 5.69 Å². The second kappa shape index (κ2) is 4.20. The highest BCUT2D eigenvalue weighted by atomic mass is 16.5. The third-order valence-corrected chi connectivity index (χ3v) is 3.57. The fourth-order valence-electron chi connectivity index (χ4n) is 2.76. The van der Waals surface area contributed by atoms with E-state index in [1.54, 1.807) is 18.8 Å². The maximum Gasteiger partial charge on any atom is 0.356 e. The normalized spacial score (nSPS) is 16.8. The summed E-state index contributed by atoms with van der Waals surface area (Å²) in [6.07, 6.45) is 0.413. The fourth-order valence-corrected chi connectivity index (χ4v) is 2.76. The van der Waals surface area contributed by atoms with Crippen molar-refractivity contribution in [3.63, 3.8) is 0 Å². The van der Waals surface area contributed by atoms with Gasteiger partial charge in [-0.05, 0) is 5.56 Å². The predicted octanol–water partition coefficient (Wildman–Crippen LogP) is 2.03. The number of carboxylic acid groups (broad SMARTS) is 1. The van der Waals surface area contributed by atoms with E-state index in [9.17, 15) is 9.90 Å². The molecule has 1 aliphatic rings. The Hall–Kier alpha value is -2.14. The molecule has 0 spiro atoms. The monoisotopic (exact) mass is 258 g/mol. The van der Waals surface area contributed by atoms with Gasteiger partial charge in [-0.3, -0.25) is 4.68 Å². The van der Waals surface area contributed by atoms with Crippen molar-refractivity contribution in [2.75, 3.05) is 7.11 Å². The summed E-state index contributed by atoms with van der Waals surface area (Å²) in [7, 11) is 3.36. The largest absolute Gasteiger partial charge is 0.476 e. The molecular weight excluding hydrogens is 244 g/mol. The smallest absolute Gasteiger partial charge is 0.356 e. The Morgan fingerprint density at radius 3 is 2.89 bits per heavy atom. The van der Waals surface area contributed by atoms with Gasteiger partial charge in [-0.25, -0.2) is 4.79 Å². The lowest BCUT2D eigenvalue weighted by atomic mass is 9.87.